The Hall–Kier alpha value is -3.06. The van der Waals surface area contributed by atoms with Gasteiger partial charge in [0.15, 0.2) is 11.5 Å². The van der Waals surface area contributed by atoms with Gasteiger partial charge in [-0.15, -0.1) is 0 Å². The number of carbonyl (C=O) groups excluding carboxylic acids is 2. The molecular weight excluding hydrogens is 382 g/mol. The van der Waals surface area contributed by atoms with Crippen molar-refractivity contribution in [1.29, 1.82) is 0 Å². The Balaban J connectivity index is 1.49. The van der Waals surface area contributed by atoms with Crippen LogP contribution in [0.25, 0.3) is 0 Å². The topological polar surface area (TPSA) is 79.9 Å². The number of fused-ring (bicyclic) bond motifs is 2. The van der Waals surface area contributed by atoms with E-state index in [0.717, 1.165) is 29.2 Å². The zero-order chi connectivity index (χ0) is 21.1. The Bertz CT molecular complexity index is 944. The van der Waals surface area contributed by atoms with Crippen molar-refractivity contribution in [3.63, 3.8) is 0 Å². The number of amides is 2. The van der Waals surface area contributed by atoms with Gasteiger partial charge in [-0.25, -0.2) is 0 Å². The summed E-state index contributed by atoms with van der Waals surface area (Å²) in [4.78, 5) is 26.5. The van der Waals surface area contributed by atoms with E-state index in [0.29, 0.717) is 18.9 Å². The second-order valence-electron chi connectivity index (χ2n) is 7.90. The third-order valence-electron chi connectivity index (χ3n) is 5.34. The first-order chi connectivity index (χ1) is 14.5. The summed E-state index contributed by atoms with van der Waals surface area (Å²) in [6.07, 6.45) is 0.856. The van der Waals surface area contributed by atoms with Crippen molar-refractivity contribution in [2.24, 2.45) is 5.92 Å². The van der Waals surface area contributed by atoms with Gasteiger partial charge in [-0.2, -0.15) is 0 Å². The molecule has 0 radical (unpaired) electrons. The molecule has 0 spiro atoms. The highest BCUT2D eigenvalue weighted by Gasteiger charge is 2.27. The van der Waals surface area contributed by atoms with E-state index in [1.54, 1.807) is 6.07 Å². The maximum Gasteiger partial charge on any atom is 0.244 e. The van der Waals surface area contributed by atoms with Gasteiger partial charge < -0.3 is 20.1 Å². The van der Waals surface area contributed by atoms with E-state index in [4.69, 9.17) is 9.47 Å². The predicted molar refractivity (Wildman–Crippen MR) is 115 cm³/mol. The predicted octanol–water partition coefficient (Wildman–Crippen LogP) is 3.12. The highest BCUT2D eigenvalue weighted by Crippen LogP contribution is 2.34. The molecular formula is C23H27N3O4. The molecule has 0 fully saturated rings. The lowest BCUT2D eigenvalue weighted by Gasteiger charge is -2.30. The molecule has 7 nitrogen and oxygen atoms in total. The Kier molecular flexibility index (Phi) is 5.90. The van der Waals surface area contributed by atoms with Crippen LogP contribution in [-0.4, -0.2) is 38.1 Å². The number of hydrogen-bond acceptors (Lipinski definition) is 5. The van der Waals surface area contributed by atoms with Gasteiger partial charge in [-0.05, 0) is 35.7 Å². The van der Waals surface area contributed by atoms with E-state index in [9.17, 15) is 9.59 Å². The van der Waals surface area contributed by atoms with E-state index in [2.05, 4.69) is 24.5 Å². The van der Waals surface area contributed by atoms with Crippen molar-refractivity contribution in [2.75, 3.05) is 36.5 Å². The number of ether oxygens (including phenoxy) is 2. The standard InChI is InChI=1S/C23H27N3O4/c1-15(2)23(16-8-9-19-20(12-16)30-11-5-10-29-19)24-13-22(28)26-14-21(27)25-17-6-3-4-7-18(17)26/h3-4,6-9,12,15,23-24H,5,10-11,13-14H2,1-2H3,(H,25,27). The molecule has 2 aliphatic rings. The molecule has 1 unspecified atom stereocenters. The third-order valence-corrected chi connectivity index (χ3v) is 5.34. The Morgan fingerprint density at radius 1 is 1.13 bits per heavy atom. The van der Waals surface area contributed by atoms with Gasteiger partial charge >= 0.3 is 0 Å². The number of benzene rings is 2. The molecule has 0 bridgehead atoms. The summed E-state index contributed by atoms with van der Waals surface area (Å²) in [6, 6.07) is 13.2. The molecule has 2 aromatic rings. The molecule has 30 heavy (non-hydrogen) atoms. The zero-order valence-electron chi connectivity index (χ0n) is 17.3. The largest absolute Gasteiger partial charge is 0.490 e. The summed E-state index contributed by atoms with van der Waals surface area (Å²) >= 11 is 0. The fourth-order valence-corrected chi connectivity index (χ4v) is 3.86. The van der Waals surface area contributed by atoms with Crippen LogP contribution in [0.5, 0.6) is 11.5 Å². The molecule has 2 aromatic carbocycles. The molecule has 0 saturated heterocycles. The number of nitrogens with one attached hydrogen (secondary N) is 2. The smallest absolute Gasteiger partial charge is 0.244 e. The number of para-hydroxylation sites is 2. The minimum absolute atomic E-state index is 0.0217. The first-order valence-corrected chi connectivity index (χ1v) is 10.3. The van der Waals surface area contributed by atoms with Crippen LogP contribution < -0.4 is 25.0 Å². The first-order valence-electron chi connectivity index (χ1n) is 10.3. The van der Waals surface area contributed by atoms with Crippen LogP contribution in [0.15, 0.2) is 42.5 Å². The van der Waals surface area contributed by atoms with Crippen LogP contribution in [0.3, 0.4) is 0 Å². The maximum atomic E-state index is 13.0. The van der Waals surface area contributed by atoms with Crippen molar-refractivity contribution >= 4 is 23.2 Å². The number of rotatable bonds is 5. The van der Waals surface area contributed by atoms with Crippen molar-refractivity contribution < 1.29 is 19.1 Å². The van der Waals surface area contributed by atoms with E-state index in [-0.39, 0.29) is 36.9 Å². The number of hydrogen-bond donors (Lipinski definition) is 2. The summed E-state index contributed by atoms with van der Waals surface area (Å²) in [5.41, 5.74) is 2.42. The molecule has 0 saturated carbocycles. The monoisotopic (exact) mass is 409 g/mol. The minimum atomic E-state index is -0.189. The van der Waals surface area contributed by atoms with Gasteiger partial charge in [0.05, 0.1) is 31.1 Å². The quantitative estimate of drug-likeness (QED) is 0.793. The summed E-state index contributed by atoms with van der Waals surface area (Å²) in [7, 11) is 0. The van der Waals surface area contributed by atoms with Gasteiger partial charge in [-0.1, -0.05) is 32.0 Å². The van der Waals surface area contributed by atoms with Gasteiger partial charge in [0.1, 0.15) is 6.54 Å². The van der Waals surface area contributed by atoms with Crippen molar-refractivity contribution in [1.82, 2.24) is 5.32 Å². The molecule has 0 aliphatic carbocycles. The number of anilines is 2. The average Bonchev–Trinajstić information content (AvgIpc) is 2.98. The molecule has 158 valence electrons. The van der Waals surface area contributed by atoms with Crippen molar-refractivity contribution in [3.05, 3.63) is 48.0 Å². The molecule has 7 heteroatoms. The van der Waals surface area contributed by atoms with Gasteiger partial charge in [0, 0.05) is 12.5 Å². The van der Waals surface area contributed by atoms with E-state index < -0.39 is 0 Å². The fourth-order valence-electron chi connectivity index (χ4n) is 3.86. The normalized spacial score (nSPS) is 16.5. The maximum absolute atomic E-state index is 13.0. The lowest BCUT2D eigenvalue weighted by atomic mass is 9.95. The Morgan fingerprint density at radius 3 is 2.70 bits per heavy atom. The average molecular weight is 409 g/mol. The third kappa shape index (κ3) is 4.26. The lowest BCUT2D eigenvalue weighted by molar-refractivity contribution is -0.121. The Labute approximate surface area is 176 Å². The number of nitrogens with zero attached hydrogens (tertiary/aromatic N) is 1. The molecule has 0 aromatic heterocycles. The van der Waals surface area contributed by atoms with E-state index >= 15 is 0 Å². The summed E-state index contributed by atoms with van der Waals surface area (Å²) < 4.78 is 11.5. The zero-order valence-corrected chi connectivity index (χ0v) is 17.3. The van der Waals surface area contributed by atoms with Crippen molar-refractivity contribution in [3.8, 4) is 11.5 Å². The second-order valence-corrected chi connectivity index (χ2v) is 7.90. The lowest BCUT2D eigenvalue weighted by Crippen LogP contribution is -2.46. The SMILES string of the molecule is CC(C)C(NCC(=O)N1CC(=O)Nc2ccccc21)c1ccc2c(c1)OCCCO2. The molecule has 2 N–H and O–H groups in total. The van der Waals surface area contributed by atoms with Crippen LogP contribution in [0.2, 0.25) is 0 Å². The van der Waals surface area contributed by atoms with Gasteiger partial charge in [-0.3, -0.25) is 14.5 Å². The van der Waals surface area contributed by atoms with Crippen molar-refractivity contribution in [2.45, 2.75) is 26.3 Å². The fraction of sp³-hybridized carbons (Fsp3) is 0.391. The van der Waals surface area contributed by atoms with Crippen LogP contribution in [0, 0.1) is 5.92 Å². The van der Waals surface area contributed by atoms with Crippen LogP contribution in [0.1, 0.15) is 31.9 Å². The van der Waals surface area contributed by atoms with Crippen LogP contribution >= 0.6 is 0 Å². The van der Waals surface area contributed by atoms with E-state index in [1.165, 1.54) is 4.90 Å². The Morgan fingerprint density at radius 2 is 1.90 bits per heavy atom. The van der Waals surface area contributed by atoms with Gasteiger partial charge in [0.25, 0.3) is 0 Å². The first kappa shape index (κ1) is 20.2. The highest BCUT2D eigenvalue weighted by molar-refractivity contribution is 6.10. The van der Waals surface area contributed by atoms with Crippen LogP contribution in [-0.2, 0) is 9.59 Å². The summed E-state index contributed by atoms with van der Waals surface area (Å²) in [5, 5.41) is 6.19. The second kappa shape index (κ2) is 8.75. The van der Waals surface area contributed by atoms with E-state index in [1.807, 2.05) is 36.4 Å². The molecule has 4 rings (SSSR count). The summed E-state index contributed by atoms with van der Waals surface area (Å²) in [5.74, 6) is 1.42. The molecule has 2 amide bonds. The summed E-state index contributed by atoms with van der Waals surface area (Å²) in [6.45, 7) is 5.64. The van der Waals surface area contributed by atoms with Gasteiger partial charge in [0.2, 0.25) is 11.8 Å². The van der Waals surface area contributed by atoms with Crippen LogP contribution in [0.4, 0.5) is 11.4 Å². The molecule has 2 heterocycles. The molecule has 1 atom stereocenters. The highest BCUT2D eigenvalue weighted by atomic mass is 16.5. The molecule has 2 aliphatic heterocycles. The minimum Gasteiger partial charge on any atom is -0.490 e. The number of carbonyl (C=O) groups is 2.